The van der Waals surface area contributed by atoms with E-state index in [1.54, 1.807) is 6.20 Å². The molecule has 23 heavy (non-hydrogen) atoms. The standard InChI is InChI=1S/C17H30N4O2/c1-11-6-7-14(12(2)8-11)18-9-13-10-19-21-15(13)20-16(22)23-17(3,4)5/h10-12,14,18H,6-9H2,1-5H3,(H2,19,20,21,22). The Morgan fingerprint density at radius 1 is 1.39 bits per heavy atom. The summed E-state index contributed by atoms with van der Waals surface area (Å²) in [7, 11) is 0. The summed E-state index contributed by atoms with van der Waals surface area (Å²) in [4.78, 5) is 11.9. The Morgan fingerprint density at radius 2 is 2.13 bits per heavy atom. The fourth-order valence-electron chi connectivity index (χ4n) is 3.17. The second kappa shape index (κ2) is 7.34. The number of hydrogen-bond donors (Lipinski definition) is 3. The average molecular weight is 322 g/mol. The van der Waals surface area contributed by atoms with Gasteiger partial charge in [0.2, 0.25) is 0 Å². The Bertz CT molecular complexity index is 521. The number of carbonyl (C=O) groups is 1. The molecule has 130 valence electrons. The van der Waals surface area contributed by atoms with Crippen molar-refractivity contribution in [2.24, 2.45) is 11.8 Å². The summed E-state index contributed by atoms with van der Waals surface area (Å²) in [6.07, 6.45) is 5.02. The molecule has 0 radical (unpaired) electrons. The largest absolute Gasteiger partial charge is 0.444 e. The average Bonchev–Trinajstić information content (AvgIpc) is 2.82. The molecular formula is C17H30N4O2. The minimum atomic E-state index is -0.517. The lowest BCUT2D eigenvalue weighted by Crippen LogP contribution is -2.38. The molecule has 0 saturated heterocycles. The van der Waals surface area contributed by atoms with E-state index in [9.17, 15) is 4.79 Å². The Balaban J connectivity index is 1.87. The maximum Gasteiger partial charge on any atom is 0.413 e. The number of H-pyrrole nitrogens is 1. The number of nitrogens with zero attached hydrogens (tertiary/aromatic N) is 1. The summed E-state index contributed by atoms with van der Waals surface area (Å²) < 4.78 is 5.27. The van der Waals surface area contributed by atoms with Crippen molar-refractivity contribution in [3.63, 3.8) is 0 Å². The minimum Gasteiger partial charge on any atom is -0.444 e. The van der Waals surface area contributed by atoms with Crippen LogP contribution in [-0.4, -0.2) is 27.9 Å². The molecule has 3 atom stereocenters. The first-order valence-corrected chi connectivity index (χ1v) is 8.50. The fourth-order valence-corrected chi connectivity index (χ4v) is 3.17. The quantitative estimate of drug-likeness (QED) is 0.790. The maximum absolute atomic E-state index is 11.9. The highest BCUT2D eigenvalue weighted by molar-refractivity contribution is 5.84. The number of anilines is 1. The summed E-state index contributed by atoms with van der Waals surface area (Å²) in [5.41, 5.74) is 0.429. The third kappa shape index (κ3) is 5.53. The second-order valence-electron chi connectivity index (χ2n) is 7.78. The van der Waals surface area contributed by atoms with Gasteiger partial charge in [-0.15, -0.1) is 0 Å². The van der Waals surface area contributed by atoms with Gasteiger partial charge in [0.25, 0.3) is 0 Å². The zero-order chi connectivity index (χ0) is 17.0. The number of aromatic nitrogens is 2. The van der Waals surface area contributed by atoms with E-state index in [0.29, 0.717) is 24.3 Å². The van der Waals surface area contributed by atoms with E-state index < -0.39 is 11.7 Å². The van der Waals surface area contributed by atoms with Gasteiger partial charge in [-0.25, -0.2) is 4.79 Å². The molecule has 3 unspecified atom stereocenters. The van der Waals surface area contributed by atoms with Crippen molar-refractivity contribution < 1.29 is 9.53 Å². The maximum atomic E-state index is 11.9. The molecule has 0 aromatic carbocycles. The highest BCUT2D eigenvalue weighted by Crippen LogP contribution is 2.29. The van der Waals surface area contributed by atoms with E-state index in [1.807, 2.05) is 20.8 Å². The number of ether oxygens (including phenoxy) is 1. The number of aromatic amines is 1. The van der Waals surface area contributed by atoms with Crippen molar-refractivity contribution in [2.75, 3.05) is 5.32 Å². The molecule has 6 nitrogen and oxygen atoms in total. The molecule has 0 aliphatic heterocycles. The first kappa shape index (κ1) is 17.8. The van der Waals surface area contributed by atoms with E-state index in [-0.39, 0.29) is 0 Å². The molecule has 1 fully saturated rings. The lowest BCUT2D eigenvalue weighted by molar-refractivity contribution is 0.0635. The van der Waals surface area contributed by atoms with Gasteiger partial charge in [-0.2, -0.15) is 5.10 Å². The van der Waals surface area contributed by atoms with E-state index in [1.165, 1.54) is 19.3 Å². The first-order chi connectivity index (χ1) is 10.7. The summed E-state index contributed by atoms with van der Waals surface area (Å²) in [6, 6.07) is 0.524. The Kier molecular flexibility index (Phi) is 5.68. The number of rotatable bonds is 4. The lowest BCUT2D eigenvalue weighted by Gasteiger charge is -2.33. The normalized spacial score (nSPS) is 25.2. The monoisotopic (exact) mass is 322 g/mol. The number of hydrogen-bond acceptors (Lipinski definition) is 4. The molecule has 1 aliphatic carbocycles. The van der Waals surface area contributed by atoms with Crippen LogP contribution >= 0.6 is 0 Å². The topological polar surface area (TPSA) is 79.0 Å². The molecule has 0 bridgehead atoms. The molecule has 2 rings (SSSR count). The van der Waals surface area contributed by atoms with Crippen LogP contribution < -0.4 is 10.6 Å². The van der Waals surface area contributed by atoms with Gasteiger partial charge in [0.05, 0.1) is 6.20 Å². The van der Waals surface area contributed by atoms with Gasteiger partial charge in [-0.3, -0.25) is 10.4 Å². The van der Waals surface area contributed by atoms with Crippen LogP contribution in [0.2, 0.25) is 0 Å². The van der Waals surface area contributed by atoms with Crippen LogP contribution in [0.1, 0.15) is 59.4 Å². The third-order valence-corrected chi connectivity index (χ3v) is 4.33. The third-order valence-electron chi connectivity index (χ3n) is 4.33. The van der Waals surface area contributed by atoms with Crippen molar-refractivity contribution in [2.45, 2.75) is 72.1 Å². The Hall–Kier alpha value is -1.56. The van der Waals surface area contributed by atoms with Crippen LogP contribution in [0.5, 0.6) is 0 Å². The zero-order valence-electron chi connectivity index (χ0n) is 14.9. The molecule has 1 heterocycles. The van der Waals surface area contributed by atoms with E-state index in [0.717, 1.165) is 11.5 Å². The number of carbonyl (C=O) groups excluding carboxylic acids is 1. The molecule has 1 aromatic rings. The van der Waals surface area contributed by atoms with Gasteiger partial charge in [-0.1, -0.05) is 13.8 Å². The number of amides is 1. The molecule has 0 spiro atoms. The number of nitrogens with one attached hydrogen (secondary N) is 3. The zero-order valence-corrected chi connectivity index (χ0v) is 14.9. The Morgan fingerprint density at radius 3 is 2.78 bits per heavy atom. The van der Waals surface area contributed by atoms with Crippen LogP contribution in [0, 0.1) is 11.8 Å². The van der Waals surface area contributed by atoms with Gasteiger partial charge >= 0.3 is 6.09 Å². The molecule has 6 heteroatoms. The predicted octanol–water partition coefficient (Wildman–Crippen LogP) is 3.67. The first-order valence-electron chi connectivity index (χ1n) is 8.50. The highest BCUT2D eigenvalue weighted by atomic mass is 16.6. The van der Waals surface area contributed by atoms with E-state index in [2.05, 4.69) is 34.7 Å². The van der Waals surface area contributed by atoms with Crippen molar-refractivity contribution >= 4 is 11.9 Å². The molecule has 1 aromatic heterocycles. The smallest absolute Gasteiger partial charge is 0.413 e. The molecule has 1 aliphatic rings. The van der Waals surface area contributed by atoms with Crippen molar-refractivity contribution in [1.29, 1.82) is 0 Å². The van der Waals surface area contributed by atoms with Crippen LogP contribution in [0.3, 0.4) is 0 Å². The molecule has 3 N–H and O–H groups in total. The molecule has 1 saturated carbocycles. The van der Waals surface area contributed by atoms with Crippen LogP contribution in [0.25, 0.3) is 0 Å². The molecule has 1 amide bonds. The summed E-state index contributed by atoms with van der Waals surface area (Å²) >= 11 is 0. The van der Waals surface area contributed by atoms with Gasteiger partial charge in [0.15, 0.2) is 0 Å². The molecular weight excluding hydrogens is 292 g/mol. The van der Waals surface area contributed by atoms with Crippen molar-refractivity contribution in [1.82, 2.24) is 15.5 Å². The SMILES string of the molecule is CC1CCC(NCc2cn[nH]c2NC(=O)OC(C)(C)C)C(C)C1. The predicted molar refractivity (Wildman–Crippen MR) is 91.3 cm³/mol. The summed E-state index contributed by atoms with van der Waals surface area (Å²) in [5.74, 6) is 2.10. The van der Waals surface area contributed by atoms with E-state index in [4.69, 9.17) is 4.74 Å². The van der Waals surface area contributed by atoms with Crippen molar-refractivity contribution in [3.05, 3.63) is 11.8 Å². The lowest BCUT2D eigenvalue weighted by atomic mass is 9.80. The Labute approximate surface area is 138 Å². The fraction of sp³-hybridized carbons (Fsp3) is 0.765. The second-order valence-corrected chi connectivity index (χ2v) is 7.78. The highest BCUT2D eigenvalue weighted by Gasteiger charge is 2.25. The van der Waals surface area contributed by atoms with Crippen LogP contribution in [0.4, 0.5) is 10.6 Å². The van der Waals surface area contributed by atoms with Crippen LogP contribution in [-0.2, 0) is 11.3 Å². The van der Waals surface area contributed by atoms with Gasteiger partial charge < -0.3 is 10.1 Å². The van der Waals surface area contributed by atoms with Crippen molar-refractivity contribution in [3.8, 4) is 0 Å². The van der Waals surface area contributed by atoms with Gasteiger partial charge in [0, 0.05) is 18.2 Å². The van der Waals surface area contributed by atoms with E-state index >= 15 is 0 Å². The summed E-state index contributed by atoms with van der Waals surface area (Å²) in [6.45, 7) is 10.8. The van der Waals surface area contributed by atoms with Crippen LogP contribution in [0.15, 0.2) is 6.20 Å². The summed E-state index contributed by atoms with van der Waals surface area (Å²) in [5, 5.41) is 13.2. The van der Waals surface area contributed by atoms with Gasteiger partial charge in [0.1, 0.15) is 11.4 Å². The minimum absolute atomic E-state index is 0.470. The van der Waals surface area contributed by atoms with Gasteiger partial charge in [-0.05, 0) is 51.9 Å².